The lowest BCUT2D eigenvalue weighted by Gasteiger charge is -2.19. The van der Waals surface area contributed by atoms with Gasteiger partial charge in [0.05, 0.1) is 19.3 Å². The summed E-state index contributed by atoms with van der Waals surface area (Å²) in [5, 5.41) is 13.5. The highest BCUT2D eigenvalue weighted by Gasteiger charge is 2.16. The van der Waals surface area contributed by atoms with E-state index in [9.17, 15) is 14.7 Å². The quantitative estimate of drug-likeness (QED) is 0.177. The maximum absolute atomic E-state index is 12.1. The lowest BCUT2D eigenvalue weighted by molar-refractivity contribution is -0.139. The van der Waals surface area contributed by atoms with Gasteiger partial charge in [-0.3, -0.25) is 4.79 Å². The number of rotatable bonds is 10. The van der Waals surface area contributed by atoms with Crippen LogP contribution >= 0.6 is 15.9 Å². The highest BCUT2D eigenvalue weighted by Crippen LogP contribution is 2.29. The first kappa shape index (κ1) is 30.0. The molecular formula is C29H36BrNO6. The van der Waals surface area contributed by atoms with Gasteiger partial charge in [-0.15, -0.1) is 0 Å². The molecule has 2 rings (SSSR count). The lowest BCUT2D eigenvalue weighted by atomic mass is 9.99. The number of allylic oxidation sites excluding steroid dienone is 4. The Kier molecular flexibility index (Phi) is 11.2. The Balaban J connectivity index is 2.35. The van der Waals surface area contributed by atoms with Crippen LogP contribution in [0.5, 0.6) is 5.75 Å². The summed E-state index contributed by atoms with van der Waals surface area (Å²) in [5.74, 6) is 0.983. The molecule has 37 heavy (non-hydrogen) atoms. The van der Waals surface area contributed by atoms with E-state index in [1.807, 2.05) is 77.1 Å². The molecule has 2 aromatic carbocycles. The standard InChI is InChI=1S/C29H36BrNO6/c1-7-23(36-26-13-12-22(30)15-21(26)16-27(33)35-6)17-24(25(32)8-2)20-11-9-10-19(14-20)18-31-28(34)37-29(3,4)5/h9-15,17,32H,7-8,16,18H2,1-6H3,(H,31,34)/b23-17+,25-24-. The average molecular weight is 575 g/mol. The maximum Gasteiger partial charge on any atom is 0.407 e. The number of nitrogens with one attached hydrogen (secondary N) is 1. The second-order valence-electron chi connectivity index (χ2n) is 9.34. The summed E-state index contributed by atoms with van der Waals surface area (Å²) in [7, 11) is 1.35. The van der Waals surface area contributed by atoms with Gasteiger partial charge >= 0.3 is 12.1 Å². The zero-order valence-electron chi connectivity index (χ0n) is 22.3. The number of esters is 1. The second kappa shape index (κ2) is 13.9. The van der Waals surface area contributed by atoms with Crippen LogP contribution < -0.4 is 10.1 Å². The topological polar surface area (TPSA) is 94.1 Å². The van der Waals surface area contributed by atoms with E-state index < -0.39 is 11.7 Å². The van der Waals surface area contributed by atoms with Gasteiger partial charge in [-0.1, -0.05) is 48.0 Å². The summed E-state index contributed by atoms with van der Waals surface area (Å²) in [6, 6.07) is 13.0. The minimum atomic E-state index is -0.582. The van der Waals surface area contributed by atoms with E-state index in [1.165, 1.54) is 7.11 Å². The van der Waals surface area contributed by atoms with Crippen LogP contribution in [0.15, 0.2) is 64.5 Å². The molecule has 8 heteroatoms. The van der Waals surface area contributed by atoms with Crippen molar-refractivity contribution < 1.29 is 28.9 Å². The predicted octanol–water partition coefficient (Wildman–Crippen LogP) is 7.24. The third kappa shape index (κ3) is 9.96. The average Bonchev–Trinajstić information content (AvgIpc) is 2.85. The number of hydrogen-bond acceptors (Lipinski definition) is 6. The van der Waals surface area contributed by atoms with E-state index in [1.54, 1.807) is 6.07 Å². The number of halogens is 1. The van der Waals surface area contributed by atoms with E-state index in [-0.39, 0.29) is 24.7 Å². The fourth-order valence-corrected chi connectivity index (χ4v) is 3.79. The van der Waals surface area contributed by atoms with Crippen LogP contribution in [-0.4, -0.2) is 29.9 Å². The van der Waals surface area contributed by atoms with Crippen LogP contribution in [0.1, 0.15) is 64.2 Å². The molecule has 0 aliphatic rings. The van der Waals surface area contributed by atoms with Gasteiger partial charge in [-0.05, 0) is 62.2 Å². The smallest absolute Gasteiger partial charge is 0.407 e. The van der Waals surface area contributed by atoms with Crippen molar-refractivity contribution in [2.75, 3.05) is 7.11 Å². The molecule has 0 fully saturated rings. The summed E-state index contributed by atoms with van der Waals surface area (Å²) >= 11 is 3.44. The molecule has 0 atom stereocenters. The van der Waals surface area contributed by atoms with E-state index in [0.29, 0.717) is 35.5 Å². The molecule has 0 radical (unpaired) electrons. The van der Waals surface area contributed by atoms with Crippen molar-refractivity contribution >= 4 is 33.6 Å². The van der Waals surface area contributed by atoms with Gasteiger partial charge < -0.3 is 24.6 Å². The number of aliphatic hydroxyl groups is 1. The minimum absolute atomic E-state index is 0.0673. The number of carbonyl (C=O) groups is 2. The Labute approximate surface area is 227 Å². The van der Waals surface area contributed by atoms with Crippen LogP contribution in [0.2, 0.25) is 0 Å². The van der Waals surface area contributed by atoms with Crippen LogP contribution in [0.25, 0.3) is 5.57 Å². The Morgan fingerprint density at radius 2 is 1.81 bits per heavy atom. The Morgan fingerprint density at radius 3 is 2.43 bits per heavy atom. The number of benzene rings is 2. The van der Waals surface area contributed by atoms with Crippen molar-refractivity contribution in [3.05, 3.63) is 81.2 Å². The number of amides is 1. The Morgan fingerprint density at radius 1 is 1.08 bits per heavy atom. The molecule has 2 N–H and O–H groups in total. The lowest BCUT2D eigenvalue weighted by Crippen LogP contribution is -2.32. The monoisotopic (exact) mass is 573 g/mol. The van der Waals surface area contributed by atoms with Crippen molar-refractivity contribution in [1.29, 1.82) is 0 Å². The van der Waals surface area contributed by atoms with Crippen molar-refractivity contribution in [2.45, 2.75) is 66.0 Å². The zero-order valence-corrected chi connectivity index (χ0v) is 23.9. The van der Waals surface area contributed by atoms with Gasteiger partial charge in [0.15, 0.2) is 0 Å². The number of carbonyl (C=O) groups excluding carboxylic acids is 2. The maximum atomic E-state index is 12.1. The summed E-state index contributed by atoms with van der Waals surface area (Å²) in [6.45, 7) is 9.53. The molecule has 0 saturated heterocycles. The van der Waals surface area contributed by atoms with Crippen LogP contribution in [0, 0.1) is 0 Å². The van der Waals surface area contributed by atoms with Crippen molar-refractivity contribution in [3.8, 4) is 5.75 Å². The molecule has 0 spiro atoms. The van der Waals surface area contributed by atoms with E-state index in [2.05, 4.69) is 21.2 Å². The summed E-state index contributed by atoms with van der Waals surface area (Å²) in [6.07, 6.45) is 2.36. The number of methoxy groups -OCH3 is 1. The molecule has 200 valence electrons. The molecule has 0 aromatic heterocycles. The first-order valence-corrected chi connectivity index (χ1v) is 13.0. The zero-order chi connectivity index (χ0) is 27.6. The van der Waals surface area contributed by atoms with Crippen LogP contribution in [0.4, 0.5) is 4.79 Å². The third-order valence-corrected chi connectivity index (χ3v) is 5.69. The molecule has 0 aliphatic heterocycles. The molecule has 0 heterocycles. The third-order valence-electron chi connectivity index (χ3n) is 5.20. The van der Waals surface area contributed by atoms with Crippen LogP contribution in [0.3, 0.4) is 0 Å². The van der Waals surface area contributed by atoms with E-state index >= 15 is 0 Å². The van der Waals surface area contributed by atoms with Gasteiger partial charge in [0.2, 0.25) is 0 Å². The minimum Gasteiger partial charge on any atom is -0.512 e. The fraction of sp³-hybridized carbons (Fsp3) is 0.379. The largest absolute Gasteiger partial charge is 0.512 e. The highest BCUT2D eigenvalue weighted by atomic mass is 79.9. The Hall–Kier alpha value is -3.26. The SMILES string of the molecule is CC/C(O)=C(\C=C(/CC)Oc1ccc(Br)cc1CC(=O)OC)c1cccc(CNC(=O)OC(C)(C)C)c1. The Bertz CT molecular complexity index is 1160. The van der Waals surface area contributed by atoms with Gasteiger partial charge in [0, 0.05) is 35.0 Å². The van der Waals surface area contributed by atoms with Crippen LogP contribution in [-0.2, 0) is 27.2 Å². The van der Waals surface area contributed by atoms with Gasteiger partial charge in [0.1, 0.15) is 17.1 Å². The first-order valence-electron chi connectivity index (χ1n) is 12.2. The van der Waals surface area contributed by atoms with Gasteiger partial charge in [-0.2, -0.15) is 0 Å². The van der Waals surface area contributed by atoms with Gasteiger partial charge in [-0.25, -0.2) is 4.79 Å². The molecular weight excluding hydrogens is 538 g/mol. The molecule has 2 aromatic rings. The molecule has 0 aliphatic carbocycles. The molecule has 7 nitrogen and oxygen atoms in total. The van der Waals surface area contributed by atoms with E-state index in [4.69, 9.17) is 14.2 Å². The van der Waals surface area contributed by atoms with Gasteiger partial charge in [0.25, 0.3) is 0 Å². The van der Waals surface area contributed by atoms with Crippen molar-refractivity contribution in [1.82, 2.24) is 5.32 Å². The second-order valence-corrected chi connectivity index (χ2v) is 10.3. The molecule has 1 amide bonds. The fourth-order valence-electron chi connectivity index (χ4n) is 3.38. The number of ether oxygens (including phenoxy) is 3. The predicted molar refractivity (Wildman–Crippen MR) is 148 cm³/mol. The normalized spacial score (nSPS) is 12.5. The molecule has 0 saturated carbocycles. The number of aliphatic hydroxyl groups excluding tert-OH is 1. The van der Waals surface area contributed by atoms with E-state index in [0.717, 1.165) is 15.6 Å². The summed E-state index contributed by atoms with van der Waals surface area (Å²) < 4.78 is 17.2. The molecule has 0 bridgehead atoms. The molecule has 0 unspecified atom stereocenters. The number of hydrogen-bond donors (Lipinski definition) is 2. The first-order chi connectivity index (χ1) is 17.4. The number of alkyl carbamates (subject to hydrolysis) is 1. The summed E-state index contributed by atoms with van der Waals surface area (Å²) in [4.78, 5) is 24.0. The highest BCUT2D eigenvalue weighted by molar-refractivity contribution is 9.10. The van der Waals surface area contributed by atoms with Crippen molar-refractivity contribution in [3.63, 3.8) is 0 Å². The van der Waals surface area contributed by atoms with Crippen molar-refractivity contribution in [2.24, 2.45) is 0 Å². The summed E-state index contributed by atoms with van der Waals surface area (Å²) in [5.41, 5.74) is 2.35.